The predicted molar refractivity (Wildman–Crippen MR) is 42.8 cm³/mol. The molecule has 0 aliphatic heterocycles. The minimum absolute atomic E-state index is 0. The Hall–Kier alpha value is 0.976. The minimum atomic E-state index is 0. The number of hydrogen-bond acceptors (Lipinski definition) is 2. The van der Waals surface area contributed by atoms with Crippen LogP contribution in [-0.4, -0.2) is 43.6 Å². The number of halogens is 1. The summed E-state index contributed by atoms with van der Waals surface area (Å²) in [7, 11) is 1.63. The summed E-state index contributed by atoms with van der Waals surface area (Å²) in [6.07, 6.45) is 4.36. The minimum Gasteiger partial charge on any atom is -1.00 e. The van der Waals surface area contributed by atoms with Crippen LogP contribution in [-0.2, 0) is 9.47 Å². The molecule has 0 rings (SSSR count). The first-order valence-corrected chi connectivity index (χ1v) is 3.26. The fourth-order valence-corrected chi connectivity index (χ4v) is 0.532. The average molecular weight is 191 g/mol. The smallest absolute Gasteiger partial charge is 1.00 e. The molecule has 2 nitrogen and oxygen atoms in total. The predicted octanol–water partition coefficient (Wildman–Crippen LogP) is -1.77. The third-order valence-corrected chi connectivity index (χ3v) is 0.983. The Morgan fingerprint density at radius 3 is 2.45 bits per heavy atom. The maximum Gasteiger partial charge on any atom is 2.00 e. The molecular weight excluding hydrogens is 176 g/mol. The van der Waals surface area contributed by atoms with Gasteiger partial charge in [-0.2, -0.15) is 13.3 Å². The molecule has 0 aromatic rings. The second-order valence-electron chi connectivity index (χ2n) is 1.87. The molecule has 0 aromatic carbocycles. The Kier molecular flexibility index (Phi) is 28.0. The molecule has 0 bridgehead atoms. The van der Waals surface area contributed by atoms with Crippen LogP contribution >= 0.6 is 0 Å². The normalized spacial score (nSPS) is 8.18. The topological polar surface area (TPSA) is 18.5 Å². The number of hydrogen-bond donors (Lipinski definition) is 0. The van der Waals surface area contributed by atoms with E-state index in [0.717, 1.165) is 19.4 Å². The zero-order valence-corrected chi connectivity index (χ0v) is 9.48. The summed E-state index contributed by atoms with van der Waals surface area (Å²) in [5.74, 6) is 0. The summed E-state index contributed by atoms with van der Waals surface area (Å²) in [5, 5.41) is 0. The number of unbranched alkanes of at least 4 members (excludes halogenated alkanes) is 2. The number of rotatable bonds is 6. The zero-order valence-electron chi connectivity index (χ0n) is 7.31. The van der Waals surface area contributed by atoms with Crippen LogP contribution in [0.15, 0.2) is 0 Å². The van der Waals surface area contributed by atoms with Gasteiger partial charge in [0, 0.05) is 13.7 Å². The van der Waals surface area contributed by atoms with E-state index in [9.17, 15) is 0 Å². The summed E-state index contributed by atoms with van der Waals surface area (Å²) in [4.78, 5) is 0. The molecule has 0 spiro atoms. The molecule has 0 aliphatic carbocycles. The van der Waals surface area contributed by atoms with Crippen molar-refractivity contribution in [3.05, 3.63) is 6.42 Å². The van der Waals surface area contributed by atoms with Gasteiger partial charge in [-0.05, 0) is 0 Å². The monoisotopic (exact) mass is 190 g/mol. The largest absolute Gasteiger partial charge is 2.00 e. The van der Waals surface area contributed by atoms with Crippen LogP contribution in [0.2, 0.25) is 0 Å². The third-order valence-electron chi connectivity index (χ3n) is 0.983. The van der Waals surface area contributed by atoms with Crippen molar-refractivity contribution in [2.24, 2.45) is 0 Å². The van der Waals surface area contributed by atoms with Crippen molar-refractivity contribution in [1.82, 2.24) is 0 Å². The van der Waals surface area contributed by atoms with Gasteiger partial charge in [-0.1, -0.05) is 6.42 Å². The fraction of sp³-hybridized carbons (Fsp3) is 0.857. The van der Waals surface area contributed by atoms with E-state index in [-0.39, 0.29) is 35.5 Å². The molecular formula is C7H15ClMgO2. The van der Waals surface area contributed by atoms with Crippen LogP contribution in [0.5, 0.6) is 0 Å². The molecule has 0 heterocycles. The van der Waals surface area contributed by atoms with Crippen molar-refractivity contribution in [3.8, 4) is 0 Å². The van der Waals surface area contributed by atoms with E-state index in [2.05, 4.69) is 18.1 Å². The third kappa shape index (κ3) is 18.2. The van der Waals surface area contributed by atoms with Crippen LogP contribution in [0.4, 0.5) is 0 Å². The summed E-state index contributed by atoms with van der Waals surface area (Å²) in [6.45, 7) is 3.28. The molecule has 64 valence electrons. The first-order valence-electron chi connectivity index (χ1n) is 3.26. The molecule has 0 fully saturated rings. The van der Waals surface area contributed by atoms with E-state index in [1.54, 1.807) is 7.11 Å². The van der Waals surface area contributed by atoms with Crippen molar-refractivity contribution < 1.29 is 21.9 Å². The Balaban J connectivity index is -0.000000320. The van der Waals surface area contributed by atoms with Crippen LogP contribution in [0.25, 0.3) is 0 Å². The van der Waals surface area contributed by atoms with E-state index >= 15 is 0 Å². The van der Waals surface area contributed by atoms with Gasteiger partial charge in [-0.25, -0.2) is 0 Å². The molecule has 0 aromatic heterocycles. The molecule has 0 atom stereocenters. The van der Waals surface area contributed by atoms with Crippen molar-refractivity contribution in [2.75, 3.05) is 20.5 Å². The quantitative estimate of drug-likeness (QED) is 0.214. The van der Waals surface area contributed by atoms with E-state index in [1.807, 2.05) is 0 Å². The molecule has 0 N–H and O–H groups in total. The number of methoxy groups -OCH3 is 1. The molecule has 0 amide bonds. The summed E-state index contributed by atoms with van der Waals surface area (Å²) >= 11 is 0. The molecule has 11 heavy (non-hydrogen) atoms. The summed E-state index contributed by atoms with van der Waals surface area (Å²) in [5.41, 5.74) is 0. The van der Waals surface area contributed by atoms with Gasteiger partial charge in [0.2, 0.25) is 0 Å². The number of ether oxygens (including phenoxy) is 2. The van der Waals surface area contributed by atoms with Gasteiger partial charge in [0.15, 0.2) is 0 Å². The first-order chi connectivity index (χ1) is 4.41. The summed E-state index contributed by atoms with van der Waals surface area (Å²) < 4.78 is 9.73. The molecule has 0 aliphatic rings. The van der Waals surface area contributed by atoms with E-state index < -0.39 is 0 Å². The van der Waals surface area contributed by atoms with E-state index in [1.165, 1.54) is 0 Å². The maximum atomic E-state index is 5.04. The Morgan fingerprint density at radius 1 is 1.36 bits per heavy atom. The van der Waals surface area contributed by atoms with Gasteiger partial charge in [-0.15, -0.1) is 0 Å². The Morgan fingerprint density at radius 2 is 2.00 bits per heavy atom. The van der Waals surface area contributed by atoms with Crippen molar-refractivity contribution in [3.63, 3.8) is 0 Å². The van der Waals surface area contributed by atoms with Crippen molar-refractivity contribution in [1.29, 1.82) is 0 Å². The molecule has 0 radical (unpaired) electrons. The van der Waals surface area contributed by atoms with Gasteiger partial charge in [0.05, 0.1) is 0 Å². The molecule has 4 heteroatoms. The van der Waals surface area contributed by atoms with E-state index in [4.69, 9.17) is 4.74 Å². The van der Waals surface area contributed by atoms with Crippen molar-refractivity contribution in [2.45, 2.75) is 19.8 Å². The average Bonchev–Trinajstić information content (AvgIpc) is 1.89. The Labute approximate surface area is 91.6 Å². The summed E-state index contributed by atoms with van der Waals surface area (Å²) in [6, 6.07) is 0. The molecule has 0 unspecified atom stereocenters. The molecule has 0 saturated heterocycles. The standard InChI is InChI=1S/C7H15O2.ClH.Mg/c1-3-4-5-6-9-7-8-2;;/h3H,4-7H2,1-2H3;1H;/q-1;;+2/p-1. The van der Waals surface area contributed by atoms with Gasteiger partial charge in [0.25, 0.3) is 0 Å². The SMILES string of the molecule is C[CH-]CCCOCOC.[Cl-].[Mg+2]. The van der Waals surface area contributed by atoms with E-state index in [0.29, 0.717) is 6.79 Å². The van der Waals surface area contributed by atoms with Crippen LogP contribution in [0.3, 0.4) is 0 Å². The second-order valence-corrected chi connectivity index (χ2v) is 1.87. The van der Waals surface area contributed by atoms with Crippen LogP contribution < -0.4 is 12.4 Å². The Bertz CT molecular complexity index is 49.7. The first kappa shape index (κ1) is 17.9. The van der Waals surface area contributed by atoms with Gasteiger partial charge < -0.3 is 28.3 Å². The maximum absolute atomic E-state index is 5.04. The van der Waals surface area contributed by atoms with Crippen LogP contribution in [0.1, 0.15) is 19.8 Å². The zero-order chi connectivity index (χ0) is 6.95. The second kappa shape index (κ2) is 17.2. The fourth-order valence-electron chi connectivity index (χ4n) is 0.532. The van der Waals surface area contributed by atoms with Crippen LogP contribution in [0, 0.1) is 6.42 Å². The molecule has 0 saturated carbocycles. The van der Waals surface area contributed by atoms with Gasteiger partial charge in [-0.3, -0.25) is 0 Å². The van der Waals surface area contributed by atoms with Gasteiger partial charge in [0.1, 0.15) is 6.79 Å². The van der Waals surface area contributed by atoms with Crippen molar-refractivity contribution >= 4 is 23.1 Å². The van der Waals surface area contributed by atoms with Gasteiger partial charge >= 0.3 is 23.1 Å².